The second-order valence-corrected chi connectivity index (χ2v) is 5.54. The standard InChI is InChI=1S/C12H18N4O3S/c17-11(18)1-3-15-4-6-16(7-5-15)12(19)14-9-10-13-2-8-20-10/h2,8H,1,3-7,9H2,(H,14,19)(H,17,18). The molecule has 1 aromatic heterocycles. The Bertz CT molecular complexity index is 444. The fourth-order valence-electron chi connectivity index (χ4n) is 2.03. The SMILES string of the molecule is O=C(O)CCN1CCN(C(=O)NCc2nccs2)CC1. The topological polar surface area (TPSA) is 85.8 Å². The van der Waals surface area contributed by atoms with E-state index in [2.05, 4.69) is 15.2 Å². The van der Waals surface area contributed by atoms with E-state index < -0.39 is 5.97 Å². The van der Waals surface area contributed by atoms with Gasteiger partial charge in [-0.05, 0) is 0 Å². The van der Waals surface area contributed by atoms with Crippen LogP contribution in [0.25, 0.3) is 0 Å². The van der Waals surface area contributed by atoms with E-state index >= 15 is 0 Å². The number of aliphatic carboxylic acids is 1. The number of carbonyl (C=O) groups is 2. The third-order valence-electron chi connectivity index (χ3n) is 3.18. The Labute approximate surface area is 121 Å². The van der Waals surface area contributed by atoms with Gasteiger partial charge in [0.05, 0.1) is 13.0 Å². The highest BCUT2D eigenvalue weighted by atomic mass is 32.1. The van der Waals surface area contributed by atoms with Gasteiger partial charge < -0.3 is 15.3 Å². The number of carboxylic acid groups (broad SMARTS) is 1. The molecular formula is C12H18N4O3S. The molecule has 0 aliphatic carbocycles. The molecule has 1 aromatic rings. The molecule has 0 radical (unpaired) electrons. The molecule has 8 heteroatoms. The summed E-state index contributed by atoms with van der Waals surface area (Å²) in [5, 5.41) is 14.2. The minimum absolute atomic E-state index is 0.0851. The molecule has 0 bridgehead atoms. The minimum Gasteiger partial charge on any atom is -0.481 e. The molecule has 0 aromatic carbocycles. The van der Waals surface area contributed by atoms with E-state index in [1.165, 1.54) is 11.3 Å². The minimum atomic E-state index is -0.784. The van der Waals surface area contributed by atoms with Gasteiger partial charge in [0.25, 0.3) is 0 Å². The van der Waals surface area contributed by atoms with Crippen LogP contribution in [0.5, 0.6) is 0 Å². The molecule has 0 spiro atoms. The average Bonchev–Trinajstić information content (AvgIpc) is 2.96. The molecule has 1 aliphatic heterocycles. The third-order valence-corrected chi connectivity index (χ3v) is 3.96. The van der Waals surface area contributed by atoms with Crippen LogP contribution < -0.4 is 5.32 Å². The van der Waals surface area contributed by atoms with Crippen molar-refractivity contribution in [2.24, 2.45) is 0 Å². The van der Waals surface area contributed by atoms with Gasteiger partial charge in [0, 0.05) is 44.3 Å². The Morgan fingerprint density at radius 2 is 2.10 bits per heavy atom. The van der Waals surface area contributed by atoms with E-state index in [4.69, 9.17) is 5.11 Å². The Morgan fingerprint density at radius 1 is 1.35 bits per heavy atom. The summed E-state index contributed by atoms with van der Waals surface area (Å²) in [4.78, 5) is 30.4. The van der Waals surface area contributed by atoms with E-state index in [1.54, 1.807) is 11.1 Å². The van der Waals surface area contributed by atoms with Gasteiger partial charge >= 0.3 is 12.0 Å². The van der Waals surface area contributed by atoms with Crippen LogP contribution in [0.4, 0.5) is 4.79 Å². The highest BCUT2D eigenvalue weighted by Crippen LogP contribution is 2.05. The summed E-state index contributed by atoms with van der Waals surface area (Å²) in [6.07, 6.45) is 1.86. The quantitative estimate of drug-likeness (QED) is 0.824. The van der Waals surface area contributed by atoms with Crippen molar-refractivity contribution >= 4 is 23.3 Å². The maximum Gasteiger partial charge on any atom is 0.317 e. The molecule has 0 unspecified atom stereocenters. The summed E-state index contributed by atoms with van der Waals surface area (Å²) >= 11 is 1.51. The fourth-order valence-corrected chi connectivity index (χ4v) is 2.59. The summed E-state index contributed by atoms with van der Waals surface area (Å²) in [5.41, 5.74) is 0. The van der Waals surface area contributed by atoms with Crippen molar-refractivity contribution in [1.82, 2.24) is 20.1 Å². The van der Waals surface area contributed by atoms with Crippen molar-refractivity contribution in [1.29, 1.82) is 0 Å². The number of hydrogen-bond donors (Lipinski definition) is 2. The largest absolute Gasteiger partial charge is 0.481 e. The number of nitrogens with zero attached hydrogens (tertiary/aromatic N) is 3. The second-order valence-electron chi connectivity index (χ2n) is 4.56. The normalized spacial score (nSPS) is 16.1. The summed E-state index contributed by atoms with van der Waals surface area (Å²) in [7, 11) is 0. The fraction of sp³-hybridized carbons (Fsp3) is 0.583. The average molecular weight is 298 g/mol. The zero-order valence-corrected chi connectivity index (χ0v) is 11.9. The molecule has 1 fully saturated rings. The van der Waals surface area contributed by atoms with Gasteiger partial charge in [-0.25, -0.2) is 9.78 Å². The molecular weight excluding hydrogens is 280 g/mol. The van der Waals surface area contributed by atoms with Gasteiger partial charge in [-0.2, -0.15) is 0 Å². The third kappa shape index (κ3) is 4.46. The lowest BCUT2D eigenvalue weighted by Crippen LogP contribution is -2.51. The van der Waals surface area contributed by atoms with Gasteiger partial charge in [0.15, 0.2) is 0 Å². The molecule has 0 atom stereocenters. The highest BCUT2D eigenvalue weighted by Gasteiger charge is 2.21. The summed E-state index contributed by atoms with van der Waals surface area (Å²) in [6.45, 7) is 3.70. The molecule has 0 saturated carbocycles. The molecule has 2 heterocycles. The number of thiazole rings is 1. The molecule has 7 nitrogen and oxygen atoms in total. The number of aromatic nitrogens is 1. The molecule has 2 N–H and O–H groups in total. The van der Waals surface area contributed by atoms with E-state index in [1.807, 2.05) is 5.38 Å². The van der Waals surface area contributed by atoms with Crippen LogP contribution in [0, 0.1) is 0 Å². The van der Waals surface area contributed by atoms with Gasteiger partial charge in [0.2, 0.25) is 0 Å². The lowest BCUT2D eigenvalue weighted by atomic mass is 10.3. The number of amides is 2. The van der Waals surface area contributed by atoms with Gasteiger partial charge in [-0.15, -0.1) is 11.3 Å². The number of piperazine rings is 1. The van der Waals surface area contributed by atoms with Crippen LogP contribution in [0.1, 0.15) is 11.4 Å². The van der Waals surface area contributed by atoms with Crippen molar-refractivity contribution in [2.45, 2.75) is 13.0 Å². The zero-order valence-electron chi connectivity index (χ0n) is 11.1. The van der Waals surface area contributed by atoms with Crippen LogP contribution in [-0.2, 0) is 11.3 Å². The Morgan fingerprint density at radius 3 is 2.70 bits per heavy atom. The monoisotopic (exact) mass is 298 g/mol. The molecule has 2 rings (SSSR count). The first-order valence-electron chi connectivity index (χ1n) is 6.50. The van der Waals surface area contributed by atoms with Crippen LogP contribution in [-0.4, -0.2) is 64.6 Å². The maximum absolute atomic E-state index is 11.9. The number of hydrogen-bond acceptors (Lipinski definition) is 5. The van der Waals surface area contributed by atoms with Crippen LogP contribution in [0.15, 0.2) is 11.6 Å². The van der Waals surface area contributed by atoms with E-state index in [0.29, 0.717) is 26.2 Å². The van der Waals surface area contributed by atoms with E-state index in [9.17, 15) is 9.59 Å². The lowest BCUT2D eigenvalue weighted by Gasteiger charge is -2.34. The first kappa shape index (κ1) is 14.7. The number of nitrogens with one attached hydrogen (secondary N) is 1. The second kappa shape index (κ2) is 7.20. The van der Waals surface area contributed by atoms with Crippen LogP contribution in [0.2, 0.25) is 0 Å². The van der Waals surface area contributed by atoms with Crippen molar-refractivity contribution < 1.29 is 14.7 Å². The van der Waals surface area contributed by atoms with Crippen LogP contribution >= 0.6 is 11.3 Å². The molecule has 1 aliphatic rings. The summed E-state index contributed by atoms with van der Waals surface area (Å²) < 4.78 is 0. The van der Waals surface area contributed by atoms with Gasteiger partial charge in [-0.3, -0.25) is 9.69 Å². The molecule has 2 amide bonds. The lowest BCUT2D eigenvalue weighted by molar-refractivity contribution is -0.137. The number of carboxylic acids is 1. The highest BCUT2D eigenvalue weighted by molar-refractivity contribution is 7.09. The number of urea groups is 1. The first-order valence-corrected chi connectivity index (χ1v) is 7.38. The summed E-state index contributed by atoms with van der Waals surface area (Å²) in [6, 6.07) is -0.0851. The Hall–Kier alpha value is -1.67. The molecule has 110 valence electrons. The number of carbonyl (C=O) groups excluding carboxylic acids is 1. The van der Waals surface area contributed by atoms with Crippen molar-refractivity contribution in [3.05, 3.63) is 16.6 Å². The zero-order chi connectivity index (χ0) is 14.4. The number of rotatable bonds is 5. The smallest absolute Gasteiger partial charge is 0.317 e. The van der Waals surface area contributed by atoms with E-state index in [-0.39, 0.29) is 12.5 Å². The van der Waals surface area contributed by atoms with E-state index in [0.717, 1.165) is 18.1 Å². The Balaban J connectivity index is 1.67. The predicted molar refractivity (Wildman–Crippen MR) is 74.6 cm³/mol. The van der Waals surface area contributed by atoms with Crippen LogP contribution in [0.3, 0.4) is 0 Å². The van der Waals surface area contributed by atoms with Gasteiger partial charge in [0.1, 0.15) is 5.01 Å². The molecule has 1 saturated heterocycles. The predicted octanol–water partition coefficient (Wildman–Crippen LogP) is 0.445. The van der Waals surface area contributed by atoms with Crippen molar-refractivity contribution in [3.63, 3.8) is 0 Å². The van der Waals surface area contributed by atoms with Crippen molar-refractivity contribution in [3.8, 4) is 0 Å². The first-order chi connectivity index (χ1) is 9.65. The van der Waals surface area contributed by atoms with Gasteiger partial charge in [-0.1, -0.05) is 0 Å². The summed E-state index contributed by atoms with van der Waals surface area (Å²) in [5.74, 6) is -0.784. The maximum atomic E-state index is 11.9. The molecule has 20 heavy (non-hydrogen) atoms. The Kier molecular flexibility index (Phi) is 5.31. The van der Waals surface area contributed by atoms with Crippen molar-refractivity contribution in [2.75, 3.05) is 32.7 Å².